The van der Waals surface area contributed by atoms with E-state index in [1.165, 1.54) is 51.4 Å². The van der Waals surface area contributed by atoms with Crippen LogP contribution in [-0.4, -0.2) is 111 Å². The number of nitrogens with one attached hydrogen (secondary N) is 2. The molecule has 318 valence electrons. The zero-order chi connectivity index (χ0) is 40.1. The van der Waals surface area contributed by atoms with Crippen LogP contribution >= 0.6 is 0 Å². The lowest BCUT2D eigenvalue weighted by Crippen LogP contribution is -2.60. The number of benzene rings is 1. The predicted molar refractivity (Wildman–Crippen MR) is 214 cm³/mol. The predicted octanol–water partition coefficient (Wildman–Crippen LogP) is 5.43. The number of unbranched alkanes of at least 4 members (excludes halogenated alkanes) is 19. The van der Waals surface area contributed by atoms with Crippen LogP contribution in [0.3, 0.4) is 0 Å². The molecule has 12 nitrogen and oxygen atoms in total. The van der Waals surface area contributed by atoms with Crippen molar-refractivity contribution in [3.8, 4) is 0 Å². The summed E-state index contributed by atoms with van der Waals surface area (Å²) in [6, 6.07) is 8.20. The van der Waals surface area contributed by atoms with Gasteiger partial charge in [-0.2, -0.15) is 0 Å². The molecule has 8 atom stereocenters. The fraction of sp³-hybridized carbons (Fsp3) is 0.814. The SMILES string of the molecule is CCCCCCCCCCCCCCC(O)C(O)C(CO[C@H]1O[C@H](CO)[C@H](O)[C@H](O)[C@H]1O)NC(=O)CCCCCCCCCCCNC(=O)c1ccccc1. The minimum absolute atomic E-state index is 0.0370. The molecular formula is C43H76N2O10. The lowest BCUT2D eigenvalue weighted by molar-refractivity contribution is -0.303. The third-order valence-electron chi connectivity index (χ3n) is 10.7. The molecule has 0 radical (unpaired) electrons. The van der Waals surface area contributed by atoms with Gasteiger partial charge in [0.2, 0.25) is 5.91 Å². The van der Waals surface area contributed by atoms with Crippen LogP contribution in [0.15, 0.2) is 30.3 Å². The number of hydrogen-bond acceptors (Lipinski definition) is 10. The molecule has 0 spiro atoms. The Kier molecular flexibility index (Phi) is 27.5. The van der Waals surface area contributed by atoms with Gasteiger partial charge < -0.3 is 50.7 Å². The zero-order valence-corrected chi connectivity index (χ0v) is 33.7. The van der Waals surface area contributed by atoms with Gasteiger partial charge in [0.15, 0.2) is 6.29 Å². The smallest absolute Gasteiger partial charge is 0.251 e. The Bertz CT molecular complexity index is 1100. The molecular weight excluding hydrogens is 704 g/mol. The highest BCUT2D eigenvalue weighted by atomic mass is 16.7. The molecule has 3 unspecified atom stereocenters. The average Bonchev–Trinajstić information content (AvgIpc) is 3.19. The fourth-order valence-electron chi connectivity index (χ4n) is 7.08. The molecule has 2 amide bonds. The number of aliphatic hydroxyl groups is 6. The van der Waals surface area contributed by atoms with Crippen LogP contribution in [0, 0.1) is 0 Å². The van der Waals surface area contributed by atoms with Crippen LogP contribution in [0.5, 0.6) is 0 Å². The molecule has 0 saturated carbocycles. The standard InChI is InChI=1S/C43H76N2O10/c1-2-3-4-5-6-7-8-9-11-14-17-23-28-35(47)38(49)34(32-54-43-41(52)40(51)39(50)36(31-46)55-43)45-37(48)29-24-18-15-12-10-13-16-19-25-30-44-42(53)33-26-21-20-22-27-33/h20-22,26-27,34-36,38-41,43,46-47,49-52H,2-19,23-25,28-32H2,1H3,(H,44,53)(H,45,48)/t34?,35?,36-,38?,39+,40+,41-,43+/m1/s1. The van der Waals surface area contributed by atoms with E-state index in [4.69, 9.17) is 9.47 Å². The fourth-order valence-corrected chi connectivity index (χ4v) is 7.08. The number of hydrogen-bond donors (Lipinski definition) is 8. The highest BCUT2D eigenvalue weighted by Gasteiger charge is 2.44. The number of carbonyl (C=O) groups is 2. The quantitative estimate of drug-likeness (QED) is 0.0426. The van der Waals surface area contributed by atoms with Crippen molar-refractivity contribution in [2.24, 2.45) is 0 Å². The van der Waals surface area contributed by atoms with E-state index in [1.807, 2.05) is 30.3 Å². The summed E-state index contributed by atoms with van der Waals surface area (Å²) in [5.41, 5.74) is 0.678. The van der Waals surface area contributed by atoms with Gasteiger partial charge in [0, 0.05) is 18.5 Å². The van der Waals surface area contributed by atoms with Crippen LogP contribution in [0.4, 0.5) is 0 Å². The molecule has 8 N–H and O–H groups in total. The number of aliphatic hydroxyl groups excluding tert-OH is 6. The van der Waals surface area contributed by atoms with E-state index in [0.29, 0.717) is 24.9 Å². The molecule has 1 aliphatic heterocycles. The molecule has 0 aromatic heterocycles. The molecule has 1 fully saturated rings. The Labute approximate surface area is 330 Å². The van der Waals surface area contributed by atoms with Crippen molar-refractivity contribution in [1.82, 2.24) is 10.6 Å². The van der Waals surface area contributed by atoms with Gasteiger partial charge >= 0.3 is 0 Å². The number of carbonyl (C=O) groups excluding carboxylic acids is 2. The van der Waals surface area contributed by atoms with Gasteiger partial charge in [0.1, 0.15) is 30.5 Å². The van der Waals surface area contributed by atoms with Crippen molar-refractivity contribution < 1.29 is 49.7 Å². The van der Waals surface area contributed by atoms with Gasteiger partial charge in [0.05, 0.1) is 25.4 Å². The maximum atomic E-state index is 13.0. The van der Waals surface area contributed by atoms with Gasteiger partial charge in [-0.1, -0.05) is 147 Å². The van der Waals surface area contributed by atoms with Crippen LogP contribution in [-0.2, 0) is 14.3 Å². The largest absolute Gasteiger partial charge is 0.394 e. The Morgan fingerprint density at radius 3 is 1.80 bits per heavy atom. The summed E-state index contributed by atoms with van der Waals surface area (Å²) < 4.78 is 11.1. The van der Waals surface area contributed by atoms with Crippen LogP contribution in [0.25, 0.3) is 0 Å². The minimum Gasteiger partial charge on any atom is -0.394 e. The van der Waals surface area contributed by atoms with E-state index in [0.717, 1.165) is 77.0 Å². The summed E-state index contributed by atoms with van der Waals surface area (Å²) in [4.78, 5) is 25.1. The molecule has 1 aliphatic rings. The first-order valence-corrected chi connectivity index (χ1v) is 21.6. The van der Waals surface area contributed by atoms with Crippen molar-refractivity contribution in [2.45, 2.75) is 204 Å². The van der Waals surface area contributed by atoms with Crippen molar-refractivity contribution in [2.75, 3.05) is 19.8 Å². The van der Waals surface area contributed by atoms with E-state index in [2.05, 4.69) is 17.6 Å². The second-order valence-electron chi connectivity index (χ2n) is 15.5. The maximum Gasteiger partial charge on any atom is 0.251 e. The summed E-state index contributed by atoms with van der Waals surface area (Å²) in [6.07, 6.45) is 14.0. The van der Waals surface area contributed by atoms with Gasteiger partial charge in [-0.3, -0.25) is 9.59 Å². The number of rotatable bonds is 33. The van der Waals surface area contributed by atoms with Crippen molar-refractivity contribution in [1.29, 1.82) is 0 Å². The van der Waals surface area contributed by atoms with E-state index in [9.17, 15) is 40.2 Å². The second kappa shape index (κ2) is 30.9. The molecule has 1 aromatic rings. The monoisotopic (exact) mass is 781 g/mol. The highest BCUT2D eigenvalue weighted by Crippen LogP contribution is 2.23. The maximum absolute atomic E-state index is 13.0. The van der Waals surface area contributed by atoms with E-state index in [1.54, 1.807) is 0 Å². The van der Waals surface area contributed by atoms with Crippen molar-refractivity contribution in [3.63, 3.8) is 0 Å². The Morgan fingerprint density at radius 1 is 0.709 bits per heavy atom. The molecule has 0 aliphatic carbocycles. The summed E-state index contributed by atoms with van der Waals surface area (Å²) >= 11 is 0. The first-order valence-electron chi connectivity index (χ1n) is 21.6. The highest BCUT2D eigenvalue weighted by molar-refractivity contribution is 5.94. The first-order chi connectivity index (χ1) is 26.7. The molecule has 1 heterocycles. The van der Waals surface area contributed by atoms with E-state index in [-0.39, 0.29) is 24.8 Å². The van der Waals surface area contributed by atoms with E-state index >= 15 is 0 Å². The molecule has 2 rings (SSSR count). The van der Waals surface area contributed by atoms with Crippen molar-refractivity contribution >= 4 is 11.8 Å². The lowest BCUT2D eigenvalue weighted by atomic mass is 9.98. The third kappa shape index (κ3) is 21.3. The van der Waals surface area contributed by atoms with Gasteiger partial charge in [-0.15, -0.1) is 0 Å². The van der Waals surface area contributed by atoms with Gasteiger partial charge in [-0.25, -0.2) is 0 Å². The van der Waals surface area contributed by atoms with Crippen LogP contribution in [0.1, 0.15) is 165 Å². The summed E-state index contributed by atoms with van der Waals surface area (Å²) in [5, 5.41) is 68.0. The molecule has 1 saturated heterocycles. The molecule has 1 aromatic carbocycles. The molecule has 0 bridgehead atoms. The average molecular weight is 781 g/mol. The summed E-state index contributed by atoms with van der Waals surface area (Å²) in [5.74, 6) is -0.330. The number of amides is 2. The van der Waals surface area contributed by atoms with Crippen LogP contribution in [0.2, 0.25) is 0 Å². The topological polar surface area (TPSA) is 198 Å². The lowest BCUT2D eigenvalue weighted by Gasteiger charge is -2.40. The zero-order valence-electron chi connectivity index (χ0n) is 33.7. The Hall–Kier alpha value is -2.16. The summed E-state index contributed by atoms with van der Waals surface area (Å²) in [7, 11) is 0. The Balaban J connectivity index is 1.68. The third-order valence-corrected chi connectivity index (χ3v) is 10.7. The Morgan fingerprint density at radius 2 is 1.24 bits per heavy atom. The summed E-state index contributed by atoms with van der Waals surface area (Å²) in [6.45, 7) is 1.96. The minimum atomic E-state index is -1.62. The van der Waals surface area contributed by atoms with E-state index < -0.39 is 55.6 Å². The second-order valence-corrected chi connectivity index (χ2v) is 15.5. The molecule has 12 heteroatoms. The molecule has 55 heavy (non-hydrogen) atoms. The van der Waals surface area contributed by atoms with Crippen molar-refractivity contribution in [3.05, 3.63) is 35.9 Å². The normalized spacial score (nSPS) is 21.5. The van der Waals surface area contributed by atoms with Gasteiger partial charge in [-0.05, 0) is 31.4 Å². The number of ether oxygens (including phenoxy) is 2. The first kappa shape index (κ1) is 49.0. The van der Waals surface area contributed by atoms with Gasteiger partial charge in [0.25, 0.3) is 5.91 Å². The van der Waals surface area contributed by atoms with Crippen LogP contribution < -0.4 is 10.6 Å².